The topological polar surface area (TPSA) is 76.1 Å². The van der Waals surface area contributed by atoms with Crippen LogP contribution in [0.4, 0.5) is 0 Å². The van der Waals surface area contributed by atoms with Crippen molar-refractivity contribution in [2.45, 2.75) is 39.3 Å². The fraction of sp³-hybridized carbons (Fsp3) is 0.360. The van der Waals surface area contributed by atoms with Gasteiger partial charge in [0.15, 0.2) is 0 Å². The summed E-state index contributed by atoms with van der Waals surface area (Å²) in [6, 6.07) is 11.4. The van der Waals surface area contributed by atoms with E-state index < -0.39 is 17.7 Å². The Kier molecular flexibility index (Phi) is 8.57. The summed E-state index contributed by atoms with van der Waals surface area (Å²) in [4.78, 5) is 27.5. The monoisotopic (exact) mass is 535 g/mol. The molecule has 1 heterocycles. The molecule has 0 spiro atoms. The maximum absolute atomic E-state index is 13.1. The Bertz CT molecular complexity index is 1050. The number of nitrogens with zero attached hydrogens (tertiary/aromatic N) is 1. The van der Waals surface area contributed by atoms with Crippen molar-refractivity contribution < 1.29 is 24.2 Å². The molecule has 2 aromatic carbocycles. The Morgan fingerprint density at radius 3 is 2.48 bits per heavy atom. The van der Waals surface area contributed by atoms with Gasteiger partial charge in [-0.3, -0.25) is 9.59 Å². The number of aliphatic hydroxyl groups is 1. The van der Waals surface area contributed by atoms with Gasteiger partial charge in [0.05, 0.1) is 29.3 Å². The average molecular weight is 537 g/mol. The first kappa shape index (κ1) is 25.3. The average Bonchev–Trinajstić information content (AvgIpc) is 3.03. The molecule has 1 amide bonds. The number of halogens is 2. The molecule has 8 heteroatoms. The number of Topliss-reactive ketones (excluding diaryl/α,β-unsaturated/α-hetero) is 1. The standard InChI is InChI=1S/C25H27BrClNO5/c1-4-32-20-11-8-17(14-19(20)27)23(29)21-22(16-6-9-18(26)10-7-16)28(25(31)24(21)30)12-5-13-33-15(2)3/h6-11,14-15,22,29H,4-5,12-13H2,1-3H3. The lowest BCUT2D eigenvalue weighted by molar-refractivity contribution is -0.140. The molecule has 0 bridgehead atoms. The van der Waals surface area contributed by atoms with E-state index in [2.05, 4.69) is 15.9 Å². The highest BCUT2D eigenvalue weighted by atomic mass is 79.9. The molecule has 1 unspecified atom stereocenters. The second kappa shape index (κ2) is 11.2. The normalized spacial score (nSPS) is 17.8. The highest BCUT2D eigenvalue weighted by Crippen LogP contribution is 2.40. The maximum atomic E-state index is 13.1. The molecule has 0 aliphatic carbocycles. The molecule has 33 heavy (non-hydrogen) atoms. The number of ether oxygens (including phenoxy) is 2. The van der Waals surface area contributed by atoms with Crippen molar-refractivity contribution in [3.05, 3.63) is 68.7 Å². The van der Waals surface area contributed by atoms with Crippen molar-refractivity contribution in [3.8, 4) is 5.75 Å². The minimum absolute atomic E-state index is 0.0346. The second-order valence-electron chi connectivity index (χ2n) is 7.90. The van der Waals surface area contributed by atoms with Crippen LogP contribution in [0.1, 0.15) is 44.4 Å². The van der Waals surface area contributed by atoms with Crippen LogP contribution in [0.25, 0.3) is 5.76 Å². The van der Waals surface area contributed by atoms with Gasteiger partial charge in [-0.05, 0) is 63.1 Å². The highest BCUT2D eigenvalue weighted by Gasteiger charge is 2.45. The minimum Gasteiger partial charge on any atom is -0.507 e. The summed E-state index contributed by atoms with van der Waals surface area (Å²) in [7, 11) is 0. The molecule has 1 N–H and O–H groups in total. The van der Waals surface area contributed by atoms with Crippen molar-refractivity contribution in [2.75, 3.05) is 19.8 Å². The van der Waals surface area contributed by atoms with E-state index in [-0.39, 0.29) is 17.4 Å². The zero-order chi connectivity index (χ0) is 24.1. The molecule has 1 aliphatic heterocycles. The van der Waals surface area contributed by atoms with E-state index in [0.717, 1.165) is 10.0 Å². The maximum Gasteiger partial charge on any atom is 0.295 e. The molecule has 0 radical (unpaired) electrons. The molecular weight excluding hydrogens is 510 g/mol. The van der Waals surface area contributed by atoms with Crippen molar-refractivity contribution >= 4 is 45.0 Å². The Balaban J connectivity index is 2.03. The Labute approximate surface area is 207 Å². The summed E-state index contributed by atoms with van der Waals surface area (Å²) in [6.07, 6.45) is 0.639. The third-order valence-electron chi connectivity index (χ3n) is 5.23. The largest absolute Gasteiger partial charge is 0.507 e. The number of aliphatic hydroxyl groups excluding tert-OH is 1. The predicted molar refractivity (Wildman–Crippen MR) is 131 cm³/mol. The van der Waals surface area contributed by atoms with E-state index in [4.69, 9.17) is 21.1 Å². The lowest BCUT2D eigenvalue weighted by Crippen LogP contribution is -2.31. The molecule has 6 nitrogen and oxygen atoms in total. The fourth-order valence-corrected chi connectivity index (χ4v) is 4.23. The summed E-state index contributed by atoms with van der Waals surface area (Å²) in [5.41, 5.74) is 1.10. The SMILES string of the molecule is CCOc1ccc(C(O)=C2C(=O)C(=O)N(CCCOC(C)C)C2c2ccc(Br)cc2)cc1Cl. The highest BCUT2D eigenvalue weighted by molar-refractivity contribution is 9.10. The van der Waals surface area contributed by atoms with Crippen LogP contribution < -0.4 is 4.74 Å². The van der Waals surface area contributed by atoms with E-state index in [1.54, 1.807) is 12.1 Å². The number of carbonyl (C=O) groups excluding carboxylic acids is 2. The van der Waals surface area contributed by atoms with Gasteiger partial charge in [-0.2, -0.15) is 0 Å². The first-order chi connectivity index (χ1) is 15.7. The molecule has 0 saturated carbocycles. The second-order valence-corrected chi connectivity index (χ2v) is 9.22. The molecular formula is C25H27BrClNO5. The summed E-state index contributed by atoms with van der Waals surface area (Å²) in [5.74, 6) is -1.17. The number of benzene rings is 2. The quantitative estimate of drug-likeness (QED) is 0.191. The molecule has 3 rings (SSSR count). The van der Waals surface area contributed by atoms with E-state index in [1.165, 1.54) is 11.0 Å². The van der Waals surface area contributed by atoms with Gasteiger partial charge in [0.2, 0.25) is 0 Å². The van der Waals surface area contributed by atoms with Gasteiger partial charge in [0, 0.05) is 23.2 Å². The van der Waals surface area contributed by atoms with Crippen LogP contribution in [0.3, 0.4) is 0 Å². The van der Waals surface area contributed by atoms with Gasteiger partial charge in [0.1, 0.15) is 11.5 Å². The number of rotatable bonds is 9. The van der Waals surface area contributed by atoms with Crippen molar-refractivity contribution in [1.29, 1.82) is 0 Å². The van der Waals surface area contributed by atoms with Crippen LogP contribution in [0.2, 0.25) is 5.02 Å². The van der Waals surface area contributed by atoms with Crippen molar-refractivity contribution in [3.63, 3.8) is 0 Å². The molecule has 2 aromatic rings. The summed E-state index contributed by atoms with van der Waals surface area (Å²) in [6.45, 7) is 6.95. The number of hydrogen-bond acceptors (Lipinski definition) is 5. The number of carbonyl (C=O) groups is 2. The number of hydrogen-bond donors (Lipinski definition) is 1. The summed E-state index contributed by atoms with van der Waals surface area (Å²) >= 11 is 9.71. The van der Waals surface area contributed by atoms with Crippen LogP contribution in [0.5, 0.6) is 5.75 Å². The Hall–Kier alpha value is -2.35. The van der Waals surface area contributed by atoms with Gasteiger partial charge in [-0.1, -0.05) is 39.7 Å². The van der Waals surface area contributed by atoms with Gasteiger partial charge < -0.3 is 19.5 Å². The van der Waals surface area contributed by atoms with Crippen LogP contribution in [0.15, 0.2) is 52.5 Å². The number of amides is 1. The zero-order valence-corrected chi connectivity index (χ0v) is 21.1. The summed E-state index contributed by atoms with van der Waals surface area (Å²) < 4.78 is 11.9. The zero-order valence-electron chi connectivity index (χ0n) is 18.8. The molecule has 1 saturated heterocycles. The van der Waals surface area contributed by atoms with Crippen molar-refractivity contribution in [2.24, 2.45) is 0 Å². The predicted octanol–water partition coefficient (Wildman–Crippen LogP) is 5.74. The van der Waals surface area contributed by atoms with E-state index >= 15 is 0 Å². The van der Waals surface area contributed by atoms with Crippen LogP contribution in [0, 0.1) is 0 Å². The molecule has 1 aliphatic rings. The van der Waals surface area contributed by atoms with E-state index in [1.807, 2.05) is 45.0 Å². The molecule has 0 aromatic heterocycles. The fourth-order valence-electron chi connectivity index (χ4n) is 3.73. The Morgan fingerprint density at radius 2 is 1.88 bits per heavy atom. The van der Waals surface area contributed by atoms with Gasteiger partial charge >= 0.3 is 0 Å². The van der Waals surface area contributed by atoms with Crippen LogP contribution in [-0.4, -0.2) is 47.6 Å². The lowest BCUT2D eigenvalue weighted by atomic mass is 9.95. The first-order valence-electron chi connectivity index (χ1n) is 10.8. The third-order valence-corrected chi connectivity index (χ3v) is 6.05. The lowest BCUT2D eigenvalue weighted by Gasteiger charge is -2.25. The molecule has 176 valence electrons. The van der Waals surface area contributed by atoms with E-state index in [0.29, 0.717) is 42.5 Å². The third kappa shape index (κ3) is 5.78. The van der Waals surface area contributed by atoms with Gasteiger partial charge in [0.25, 0.3) is 11.7 Å². The minimum atomic E-state index is -0.727. The first-order valence-corrected chi connectivity index (χ1v) is 12.0. The molecule has 1 fully saturated rings. The van der Waals surface area contributed by atoms with Gasteiger partial charge in [-0.15, -0.1) is 0 Å². The Morgan fingerprint density at radius 1 is 1.18 bits per heavy atom. The smallest absolute Gasteiger partial charge is 0.295 e. The molecule has 1 atom stereocenters. The summed E-state index contributed by atoms with van der Waals surface area (Å²) in [5, 5.41) is 11.5. The van der Waals surface area contributed by atoms with E-state index in [9.17, 15) is 14.7 Å². The number of likely N-dealkylation sites (tertiary alicyclic amines) is 1. The number of ketones is 1. The van der Waals surface area contributed by atoms with Gasteiger partial charge in [-0.25, -0.2) is 0 Å². The van der Waals surface area contributed by atoms with Crippen LogP contribution in [-0.2, 0) is 14.3 Å². The van der Waals surface area contributed by atoms with Crippen LogP contribution >= 0.6 is 27.5 Å². The van der Waals surface area contributed by atoms with Crippen molar-refractivity contribution in [1.82, 2.24) is 4.90 Å².